The number of sulfone groups is 1. The van der Waals surface area contributed by atoms with Gasteiger partial charge in [0.2, 0.25) is 9.84 Å². The lowest BCUT2D eigenvalue weighted by Crippen LogP contribution is -2.22. The number of amides is 1. The fourth-order valence-electron chi connectivity index (χ4n) is 3.67. The van der Waals surface area contributed by atoms with Crippen LogP contribution in [0.25, 0.3) is 11.3 Å². The van der Waals surface area contributed by atoms with Crippen molar-refractivity contribution in [3.63, 3.8) is 0 Å². The molecule has 0 unspecified atom stereocenters. The van der Waals surface area contributed by atoms with Crippen LogP contribution in [-0.2, 0) is 19.4 Å². The largest absolute Gasteiger partial charge is 0.452 e. The zero-order valence-corrected chi connectivity index (χ0v) is 19.9. The number of benzene rings is 3. The number of nitrogens with one attached hydrogen (secondary N) is 1. The van der Waals surface area contributed by atoms with Crippen LogP contribution in [0, 0.1) is 5.82 Å². The number of anilines is 1. The van der Waals surface area contributed by atoms with Crippen molar-refractivity contribution >= 4 is 44.0 Å². The summed E-state index contributed by atoms with van der Waals surface area (Å²) in [5, 5.41) is 4.45. The normalized spacial score (nSPS) is 13.4. The van der Waals surface area contributed by atoms with E-state index >= 15 is 0 Å². The molecule has 1 N–H and O–H groups in total. The molecule has 11 heteroatoms. The summed E-state index contributed by atoms with van der Waals surface area (Å²) in [7, 11) is -4.02. The third-order valence-corrected chi connectivity index (χ3v) is 8.01. The molecule has 36 heavy (non-hydrogen) atoms. The molecule has 0 saturated carbocycles. The Kier molecular flexibility index (Phi) is 5.94. The minimum atomic E-state index is -4.02. The number of carbonyl (C=O) groups excluding carboxylic acids is 3. The highest BCUT2D eigenvalue weighted by atomic mass is 32.2. The van der Waals surface area contributed by atoms with Crippen LogP contribution >= 0.6 is 11.3 Å². The molecule has 4 aromatic rings. The number of halogens is 1. The number of thiazole rings is 1. The second-order valence-corrected chi connectivity index (χ2v) is 10.5. The van der Waals surface area contributed by atoms with Crippen LogP contribution in [0.4, 0.5) is 9.52 Å². The number of carbonyl (C=O) groups is 3. The van der Waals surface area contributed by atoms with Gasteiger partial charge in [-0.1, -0.05) is 12.1 Å². The number of ether oxygens (including phenoxy) is 1. The first kappa shape index (κ1) is 23.5. The standard InChI is InChI=1S/C25H15FN2O6S2/c26-16-8-5-14(6-9-16)19-13-35-25(27-19)28-22(29)12-34-24(31)15-7-10-18-21(11-15)36(32,33)20-4-2-1-3-17(20)23(18)30/h1-11,13H,12H2,(H,27,28,29). The average molecular weight is 523 g/mol. The van der Waals surface area contributed by atoms with Crippen LogP contribution in [0.15, 0.2) is 81.9 Å². The first-order valence-electron chi connectivity index (χ1n) is 10.5. The van der Waals surface area contributed by atoms with Gasteiger partial charge in [-0.05, 0) is 54.6 Å². The third-order valence-electron chi connectivity index (χ3n) is 5.40. The van der Waals surface area contributed by atoms with Gasteiger partial charge >= 0.3 is 5.97 Å². The van der Waals surface area contributed by atoms with Crippen molar-refractivity contribution in [3.05, 3.63) is 94.6 Å². The van der Waals surface area contributed by atoms with Crippen LogP contribution in [0.3, 0.4) is 0 Å². The molecule has 1 amide bonds. The Labute approximate surface area is 208 Å². The summed E-state index contributed by atoms with van der Waals surface area (Å²) in [6, 6.07) is 15.2. The van der Waals surface area contributed by atoms with Gasteiger partial charge in [0.15, 0.2) is 17.5 Å². The molecule has 0 fully saturated rings. The van der Waals surface area contributed by atoms with Crippen LogP contribution in [0.2, 0.25) is 0 Å². The number of aromatic nitrogens is 1. The Hall–Kier alpha value is -4.22. The highest BCUT2D eigenvalue weighted by Gasteiger charge is 2.35. The number of esters is 1. The molecule has 0 atom stereocenters. The highest BCUT2D eigenvalue weighted by Crippen LogP contribution is 2.35. The number of hydrogen-bond acceptors (Lipinski definition) is 8. The van der Waals surface area contributed by atoms with Crippen molar-refractivity contribution in [2.45, 2.75) is 9.79 Å². The van der Waals surface area contributed by atoms with Crippen LogP contribution in [0.5, 0.6) is 0 Å². The van der Waals surface area contributed by atoms with Crippen molar-refractivity contribution in [2.24, 2.45) is 0 Å². The SMILES string of the molecule is O=C(COC(=O)c1ccc2c(c1)S(=O)(=O)c1ccccc1C2=O)Nc1nc(-c2ccc(F)cc2)cs1. The molecule has 0 bridgehead atoms. The highest BCUT2D eigenvalue weighted by molar-refractivity contribution is 7.91. The van der Waals surface area contributed by atoms with Crippen molar-refractivity contribution in [1.82, 2.24) is 4.98 Å². The Balaban J connectivity index is 1.26. The molecule has 1 aliphatic rings. The number of hydrogen-bond donors (Lipinski definition) is 1. The van der Waals surface area contributed by atoms with Gasteiger partial charge in [0, 0.05) is 22.1 Å². The quantitative estimate of drug-likeness (QED) is 0.345. The minimum Gasteiger partial charge on any atom is -0.452 e. The Morgan fingerprint density at radius 1 is 0.972 bits per heavy atom. The summed E-state index contributed by atoms with van der Waals surface area (Å²) >= 11 is 1.14. The predicted molar refractivity (Wildman–Crippen MR) is 128 cm³/mol. The summed E-state index contributed by atoms with van der Waals surface area (Å²) in [4.78, 5) is 41.3. The monoisotopic (exact) mass is 522 g/mol. The summed E-state index contributed by atoms with van der Waals surface area (Å²) in [5.74, 6) is -2.42. The molecule has 0 saturated heterocycles. The second-order valence-electron chi connectivity index (χ2n) is 7.71. The lowest BCUT2D eigenvalue weighted by atomic mass is 10.0. The first-order chi connectivity index (χ1) is 17.2. The first-order valence-corrected chi connectivity index (χ1v) is 12.8. The summed E-state index contributed by atoms with van der Waals surface area (Å²) < 4.78 is 44.1. The van der Waals surface area contributed by atoms with E-state index in [-0.39, 0.29) is 37.4 Å². The third kappa shape index (κ3) is 4.30. The zero-order valence-electron chi connectivity index (χ0n) is 18.2. The van der Waals surface area contributed by atoms with Crippen molar-refractivity contribution < 1.29 is 31.9 Å². The van der Waals surface area contributed by atoms with Gasteiger partial charge in [-0.3, -0.25) is 14.9 Å². The summed E-state index contributed by atoms with van der Waals surface area (Å²) in [5.41, 5.74) is 1.12. The Morgan fingerprint density at radius 2 is 1.69 bits per heavy atom. The van der Waals surface area contributed by atoms with Crippen LogP contribution in [-0.4, -0.2) is 37.7 Å². The maximum atomic E-state index is 13.1. The Bertz CT molecular complexity index is 1650. The zero-order chi connectivity index (χ0) is 25.4. The molecule has 1 aromatic heterocycles. The summed E-state index contributed by atoms with van der Waals surface area (Å²) in [6.07, 6.45) is 0. The minimum absolute atomic E-state index is 0.0382. The van der Waals surface area contributed by atoms with Gasteiger partial charge in [0.05, 0.1) is 21.0 Å². The van der Waals surface area contributed by atoms with Gasteiger partial charge < -0.3 is 4.74 Å². The van der Waals surface area contributed by atoms with Gasteiger partial charge in [-0.2, -0.15) is 0 Å². The van der Waals surface area contributed by atoms with Crippen LogP contribution < -0.4 is 5.32 Å². The molecular weight excluding hydrogens is 507 g/mol. The predicted octanol–water partition coefficient (Wildman–Crippen LogP) is 4.12. The maximum Gasteiger partial charge on any atom is 0.338 e. The Morgan fingerprint density at radius 3 is 2.47 bits per heavy atom. The van der Waals surface area contributed by atoms with Crippen molar-refractivity contribution in [2.75, 3.05) is 11.9 Å². The molecule has 180 valence electrons. The van der Waals surface area contributed by atoms with Gasteiger partial charge in [0.1, 0.15) is 5.82 Å². The van der Waals surface area contributed by atoms with E-state index < -0.39 is 34.1 Å². The number of nitrogens with zero attached hydrogens (tertiary/aromatic N) is 1. The van der Waals surface area contributed by atoms with E-state index in [1.807, 2.05) is 0 Å². The van der Waals surface area contributed by atoms with Crippen molar-refractivity contribution in [3.8, 4) is 11.3 Å². The topological polar surface area (TPSA) is 120 Å². The van der Waals surface area contributed by atoms with E-state index in [4.69, 9.17) is 4.74 Å². The van der Waals surface area contributed by atoms with Crippen LogP contribution in [0.1, 0.15) is 26.3 Å². The van der Waals surface area contributed by atoms with E-state index in [9.17, 15) is 27.2 Å². The summed E-state index contributed by atoms with van der Waals surface area (Å²) in [6.45, 7) is -0.643. The lowest BCUT2D eigenvalue weighted by Gasteiger charge is -2.19. The van der Waals surface area contributed by atoms with E-state index in [0.717, 1.165) is 17.4 Å². The van der Waals surface area contributed by atoms with E-state index in [2.05, 4.69) is 10.3 Å². The second kappa shape index (κ2) is 9.10. The maximum absolute atomic E-state index is 13.1. The molecule has 8 nitrogen and oxygen atoms in total. The van der Waals surface area contributed by atoms with E-state index in [0.29, 0.717) is 11.3 Å². The van der Waals surface area contributed by atoms with Gasteiger partial charge in [-0.25, -0.2) is 22.6 Å². The van der Waals surface area contributed by atoms with Gasteiger partial charge in [-0.15, -0.1) is 11.3 Å². The molecule has 1 aliphatic heterocycles. The fourth-order valence-corrected chi connectivity index (χ4v) is 6.08. The molecular formula is C25H15FN2O6S2. The van der Waals surface area contributed by atoms with Gasteiger partial charge in [0.25, 0.3) is 5.91 Å². The molecule has 0 spiro atoms. The van der Waals surface area contributed by atoms with E-state index in [1.165, 1.54) is 42.5 Å². The smallest absolute Gasteiger partial charge is 0.338 e. The van der Waals surface area contributed by atoms with Crippen molar-refractivity contribution in [1.29, 1.82) is 0 Å². The molecule has 0 aliphatic carbocycles. The number of rotatable bonds is 5. The lowest BCUT2D eigenvalue weighted by molar-refractivity contribution is -0.119. The molecule has 0 radical (unpaired) electrons. The molecule has 3 aromatic carbocycles. The number of ketones is 1. The molecule has 5 rings (SSSR count). The van der Waals surface area contributed by atoms with E-state index in [1.54, 1.807) is 23.6 Å². The number of fused-ring (bicyclic) bond motifs is 2. The average Bonchev–Trinajstić information content (AvgIpc) is 3.34. The fraction of sp³-hybridized carbons (Fsp3) is 0.0400. The molecule has 2 heterocycles.